The zero-order chi connectivity index (χ0) is 17.1. The summed E-state index contributed by atoms with van der Waals surface area (Å²) < 4.78 is 17.2. The minimum atomic E-state index is -0.0814. The van der Waals surface area contributed by atoms with Gasteiger partial charge in [0.15, 0.2) is 11.5 Å². The van der Waals surface area contributed by atoms with Gasteiger partial charge in [0.1, 0.15) is 30.8 Å². The molecule has 1 saturated heterocycles. The van der Waals surface area contributed by atoms with Gasteiger partial charge in [-0.15, -0.1) is 0 Å². The van der Waals surface area contributed by atoms with E-state index in [1.165, 1.54) is 5.56 Å². The normalized spacial score (nSPS) is 20.3. The van der Waals surface area contributed by atoms with Gasteiger partial charge in [0.25, 0.3) is 0 Å². The minimum Gasteiger partial charge on any atom is -0.486 e. The van der Waals surface area contributed by atoms with Crippen LogP contribution >= 0.6 is 0 Å². The van der Waals surface area contributed by atoms with Crippen LogP contribution in [0.15, 0.2) is 30.6 Å². The molecule has 1 atom stereocenters. The van der Waals surface area contributed by atoms with Crippen LogP contribution in [0.3, 0.4) is 0 Å². The molecule has 2 aliphatic heterocycles. The quantitative estimate of drug-likeness (QED) is 0.909. The van der Waals surface area contributed by atoms with E-state index in [4.69, 9.17) is 14.2 Å². The van der Waals surface area contributed by atoms with Crippen molar-refractivity contribution in [2.24, 2.45) is 0 Å². The van der Waals surface area contributed by atoms with Gasteiger partial charge in [-0.05, 0) is 17.7 Å². The highest BCUT2D eigenvalue weighted by Gasteiger charge is 2.26. The SMILES string of the molecule is CNc1nccnc1C1CN(Cc2ccc3c(c2)OCCO3)CCO1. The Morgan fingerprint density at radius 1 is 1.12 bits per heavy atom. The van der Waals surface area contributed by atoms with Gasteiger partial charge >= 0.3 is 0 Å². The van der Waals surface area contributed by atoms with Crippen LogP contribution in [0.1, 0.15) is 17.4 Å². The maximum absolute atomic E-state index is 5.94. The van der Waals surface area contributed by atoms with Crippen molar-refractivity contribution >= 4 is 5.82 Å². The number of aromatic nitrogens is 2. The maximum atomic E-state index is 5.94. The molecular weight excluding hydrogens is 320 g/mol. The Bertz CT molecular complexity index is 740. The molecule has 7 nitrogen and oxygen atoms in total. The molecule has 3 heterocycles. The fraction of sp³-hybridized carbons (Fsp3) is 0.444. The van der Waals surface area contributed by atoms with Crippen molar-refractivity contribution in [3.05, 3.63) is 41.9 Å². The molecule has 0 saturated carbocycles. The summed E-state index contributed by atoms with van der Waals surface area (Å²) in [6, 6.07) is 6.16. The van der Waals surface area contributed by atoms with Gasteiger partial charge in [-0.3, -0.25) is 9.88 Å². The topological polar surface area (TPSA) is 68.7 Å². The van der Waals surface area contributed by atoms with Crippen LogP contribution in [0.25, 0.3) is 0 Å². The summed E-state index contributed by atoms with van der Waals surface area (Å²) in [6.45, 7) is 4.40. The summed E-state index contributed by atoms with van der Waals surface area (Å²) in [6.07, 6.45) is 3.31. The van der Waals surface area contributed by atoms with Crippen molar-refractivity contribution in [1.82, 2.24) is 14.9 Å². The molecule has 1 fully saturated rings. The number of fused-ring (bicyclic) bond motifs is 1. The highest BCUT2D eigenvalue weighted by molar-refractivity contribution is 5.44. The zero-order valence-corrected chi connectivity index (χ0v) is 14.3. The first-order valence-corrected chi connectivity index (χ1v) is 8.54. The first-order chi connectivity index (χ1) is 12.3. The van der Waals surface area contributed by atoms with E-state index >= 15 is 0 Å². The average Bonchev–Trinajstić information content (AvgIpc) is 2.68. The second-order valence-electron chi connectivity index (χ2n) is 6.11. The zero-order valence-electron chi connectivity index (χ0n) is 14.3. The largest absolute Gasteiger partial charge is 0.486 e. The van der Waals surface area contributed by atoms with Crippen molar-refractivity contribution in [2.75, 3.05) is 45.3 Å². The van der Waals surface area contributed by atoms with Crippen LogP contribution in [-0.2, 0) is 11.3 Å². The van der Waals surface area contributed by atoms with Gasteiger partial charge in [-0.25, -0.2) is 4.98 Å². The Kier molecular flexibility index (Phi) is 4.67. The first-order valence-electron chi connectivity index (χ1n) is 8.54. The molecule has 1 aromatic carbocycles. The van der Waals surface area contributed by atoms with Crippen LogP contribution in [0.2, 0.25) is 0 Å². The first kappa shape index (κ1) is 16.1. The van der Waals surface area contributed by atoms with E-state index in [1.54, 1.807) is 12.4 Å². The number of hydrogen-bond acceptors (Lipinski definition) is 7. The molecule has 1 aromatic heterocycles. The molecule has 25 heavy (non-hydrogen) atoms. The van der Waals surface area contributed by atoms with Crippen LogP contribution in [-0.4, -0.2) is 54.8 Å². The fourth-order valence-electron chi connectivity index (χ4n) is 3.23. The molecule has 1 N–H and O–H groups in total. The van der Waals surface area contributed by atoms with E-state index in [0.29, 0.717) is 19.8 Å². The molecule has 7 heteroatoms. The molecule has 0 radical (unpaired) electrons. The van der Waals surface area contributed by atoms with Gasteiger partial charge < -0.3 is 19.5 Å². The third-order valence-corrected chi connectivity index (χ3v) is 4.43. The highest BCUT2D eigenvalue weighted by Crippen LogP contribution is 2.32. The van der Waals surface area contributed by atoms with Crippen molar-refractivity contribution in [1.29, 1.82) is 0 Å². The standard InChI is InChI=1S/C18H22N4O3/c1-19-18-17(20-4-5-21-18)16-12-22(6-7-23-16)11-13-2-3-14-15(10-13)25-9-8-24-14/h2-5,10,16H,6-9,11-12H2,1H3,(H,19,21). The van der Waals surface area contributed by atoms with Crippen molar-refractivity contribution in [2.45, 2.75) is 12.6 Å². The van der Waals surface area contributed by atoms with Crippen LogP contribution in [0.5, 0.6) is 11.5 Å². The summed E-state index contributed by atoms with van der Waals surface area (Å²) >= 11 is 0. The summed E-state index contributed by atoms with van der Waals surface area (Å²) in [4.78, 5) is 11.2. The van der Waals surface area contributed by atoms with E-state index < -0.39 is 0 Å². The number of nitrogens with one attached hydrogen (secondary N) is 1. The van der Waals surface area contributed by atoms with Crippen molar-refractivity contribution in [3.8, 4) is 11.5 Å². The monoisotopic (exact) mass is 342 g/mol. The Morgan fingerprint density at radius 3 is 2.84 bits per heavy atom. The number of ether oxygens (including phenoxy) is 3. The second-order valence-corrected chi connectivity index (χ2v) is 6.11. The van der Waals surface area contributed by atoms with Gasteiger partial charge in [0.2, 0.25) is 0 Å². The lowest BCUT2D eigenvalue weighted by molar-refractivity contribution is -0.0347. The molecule has 0 aliphatic carbocycles. The molecule has 4 rings (SSSR count). The highest BCUT2D eigenvalue weighted by atomic mass is 16.6. The number of rotatable bonds is 4. The summed E-state index contributed by atoms with van der Waals surface area (Å²) in [5.74, 6) is 2.43. The number of benzene rings is 1. The lowest BCUT2D eigenvalue weighted by Gasteiger charge is -2.33. The average molecular weight is 342 g/mol. The van der Waals surface area contributed by atoms with E-state index in [2.05, 4.69) is 32.3 Å². The molecule has 0 spiro atoms. The third kappa shape index (κ3) is 3.52. The number of morpholine rings is 1. The minimum absolute atomic E-state index is 0.0814. The van der Waals surface area contributed by atoms with Gasteiger partial charge in [-0.1, -0.05) is 6.07 Å². The molecule has 132 valence electrons. The molecule has 0 amide bonds. The van der Waals surface area contributed by atoms with E-state index in [0.717, 1.165) is 42.6 Å². The number of anilines is 1. The Balaban J connectivity index is 1.46. The van der Waals surface area contributed by atoms with Gasteiger partial charge in [-0.2, -0.15) is 0 Å². The molecular formula is C18H22N4O3. The second kappa shape index (κ2) is 7.25. The Labute approximate surface area is 146 Å². The molecule has 2 aliphatic rings. The predicted molar refractivity (Wildman–Crippen MR) is 93.0 cm³/mol. The van der Waals surface area contributed by atoms with E-state index in [1.807, 2.05) is 13.1 Å². The molecule has 1 unspecified atom stereocenters. The van der Waals surface area contributed by atoms with Gasteiger partial charge in [0.05, 0.1) is 6.61 Å². The number of hydrogen-bond donors (Lipinski definition) is 1. The van der Waals surface area contributed by atoms with Crippen LogP contribution < -0.4 is 14.8 Å². The third-order valence-electron chi connectivity index (χ3n) is 4.43. The number of nitrogens with zero attached hydrogens (tertiary/aromatic N) is 3. The Hall–Kier alpha value is -2.38. The summed E-state index contributed by atoms with van der Waals surface area (Å²) in [5.41, 5.74) is 2.06. The smallest absolute Gasteiger partial charge is 0.161 e. The Morgan fingerprint density at radius 2 is 1.96 bits per heavy atom. The van der Waals surface area contributed by atoms with Gasteiger partial charge in [0, 0.05) is 39.1 Å². The van der Waals surface area contributed by atoms with Crippen molar-refractivity contribution in [3.63, 3.8) is 0 Å². The lowest BCUT2D eigenvalue weighted by atomic mass is 10.1. The molecule has 0 bridgehead atoms. The van der Waals surface area contributed by atoms with Crippen LogP contribution in [0.4, 0.5) is 5.82 Å². The molecule has 2 aromatic rings. The van der Waals surface area contributed by atoms with Crippen LogP contribution in [0, 0.1) is 0 Å². The van der Waals surface area contributed by atoms with E-state index in [-0.39, 0.29) is 6.10 Å². The summed E-state index contributed by atoms with van der Waals surface area (Å²) in [7, 11) is 1.85. The van der Waals surface area contributed by atoms with E-state index in [9.17, 15) is 0 Å². The predicted octanol–water partition coefficient (Wildman–Crippen LogP) is 1.86. The fourth-order valence-corrected chi connectivity index (χ4v) is 3.23. The van der Waals surface area contributed by atoms with Crippen molar-refractivity contribution < 1.29 is 14.2 Å². The maximum Gasteiger partial charge on any atom is 0.161 e. The summed E-state index contributed by atoms with van der Waals surface area (Å²) in [5, 5.41) is 3.09. The lowest BCUT2D eigenvalue weighted by Crippen LogP contribution is -2.38.